The summed E-state index contributed by atoms with van der Waals surface area (Å²) in [5, 5.41) is 14.0. The van der Waals surface area contributed by atoms with Crippen molar-refractivity contribution in [3.8, 4) is 0 Å². The predicted molar refractivity (Wildman–Crippen MR) is 89.2 cm³/mol. The normalized spacial score (nSPS) is 14.2. The van der Waals surface area contributed by atoms with Gasteiger partial charge in [-0.2, -0.15) is 10.1 Å². The summed E-state index contributed by atoms with van der Waals surface area (Å²) >= 11 is 0. The first kappa shape index (κ1) is 15.4. The molecule has 0 aliphatic heterocycles. The van der Waals surface area contributed by atoms with Gasteiger partial charge in [0.05, 0.1) is 6.20 Å². The van der Waals surface area contributed by atoms with E-state index >= 15 is 0 Å². The van der Waals surface area contributed by atoms with E-state index in [-0.39, 0.29) is 5.82 Å². The van der Waals surface area contributed by atoms with Crippen LogP contribution in [0.15, 0.2) is 42.1 Å². The zero-order valence-corrected chi connectivity index (χ0v) is 12.9. The Bertz CT molecular complexity index is 686. The third kappa shape index (κ3) is 4.74. The molecule has 2 aromatic rings. The summed E-state index contributed by atoms with van der Waals surface area (Å²) in [6.07, 6.45) is 9.97. The minimum Gasteiger partial charge on any atom is -0.368 e. The van der Waals surface area contributed by atoms with Crippen molar-refractivity contribution in [3.63, 3.8) is 0 Å². The van der Waals surface area contributed by atoms with Gasteiger partial charge in [0.25, 0.3) is 0 Å². The fourth-order valence-corrected chi connectivity index (χ4v) is 2.62. The number of allylic oxidation sites excluding steroid dienone is 1. The number of nitrogens with zero attached hydrogens (tertiary/aromatic N) is 3. The quantitative estimate of drug-likeness (QED) is 0.788. The lowest BCUT2D eigenvalue weighted by Gasteiger charge is -2.13. The molecule has 1 aromatic carbocycles. The molecule has 0 spiro atoms. The molecule has 23 heavy (non-hydrogen) atoms. The first-order valence-corrected chi connectivity index (χ1v) is 7.94. The van der Waals surface area contributed by atoms with Crippen LogP contribution in [0.5, 0.6) is 0 Å². The molecule has 3 rings (SSSR count). The highest BCUT2D eigenvalue weighted by atomic mass is 19.1. The lowest BCUT2D eigenvalue weighted by atomic mass is 9.97. The molecule has 1 aromatic heterocycles. The molecule has 1 aliphatic rings. The van der Waals surface area contributed by atoms with Crippen molar-refractivity contribution in [1.82, 2.24) is 15.2 Å². The first-order chi connectivity index (χ1) is 11.3. The van der Waals surface area contributed by atoms with Crippen LogP contribution in [0.1, 0.15) is 32.1 Å². The summed E-state index contributed by atoms with van der Waals surface area (Å²) in [7, 11) is 0. The second-order valence-corrected chi connectivity index (χ2v) is 5.59. The molecule has 1 aliphatic carbocycles. The minimum absolute atomic E-state index is 0.307. The Labute approximate surface area is 135 Å². The molecular weight excluding hydrogens is 293 g/mol. The Kier molecular flexibility index (Phi) is 5.13. The fourth-order valence-electron chi connectivity index (χ4n) is 2.62. The Balaban J connectivity index is 1.55. The van der Waals surface area contributed by atoms with Crippen LogP contribution in [0.2, 0.25) is 0 Å². The summed E-state index contributed by atoms with van der Waals surface area (Å²) in [4.78, 5) is 4.34. The number of halogens is 1. The van der Waals surface area contributed by atoms with E-state index < -0.39 is 0 Å². The highest BCUT2D eigenvalue weighted by Crippen LogP contribution is 2.20. The number of benzene rings is 1. The fraction of sp³-hybridized carbons (Fsp3) is 0.353. The van der Waals surface area contributed by atoms with Crippen molar-refractivity contribution in [2.45, 2.75) is 32.1 Å². The standard InChI is InChI=1S/C17H20FN5/c18-14-7-4-8-15(11-14)21-17-22-16(12-20-23-17)19-10-9-13-5-2-1-3-6-13/h4-5,7-8,11-12H,1-3,6,9-10H2,(H2,19,21,22,23). The maximum Gasteiger partial charge on any atom is 0.249 e. The second kappa shape index (κ2) is 7.67. The molecule has 0 amide bonds. The molecule has 2 N–H and O–H groups in total. The molecule has 5 nitrogen and oxygen atoms in total. The van der Waals surface area contributed by atoms with Gasteiger partial charge in [0.2, 0.25) is 5.95 Å². The monoisotopic (exact) mass is 313 g/mol. The van der Waals surface area contributed by atoms with E-state index in [9.17, 15) is 4.39 Å². The van der Waals surface area contributed by atoms with Gasteiger partial charge < -0.3 is 10.6 Å². The van der Waals surface area contributed by atoms with Crippen LogP contribution in [-0.4, -0.2) is 21.7 Å². The molecule has 0 saturated heterocycles. The molecule has 0 fully saturated rings. The highest BCUT2D eigenvalue weighted by molar-refractivity contribution is 5.53. The lowest BCUT2D eigenvalue weighted by Crippen LogP contribution is -2.08. The SMILES string of the molecule is Fc1cccc(Nc2nncc(NCCC3=CCCCC3)n2)c1. The van der Waals surface area contributed by atoms with Gasteiger partial charge in [0.1, 0.15) is 5.82 Å². The summed E-state index contributed by atoms with van der Waals surface area (Å²) in [6, 6.07) is 6.16. The number of nitrogens with one attached hydrogen (secondary N) is 2. The van der Waals surface area contributed by atoms with E-state index in [1.54, 1.807) is 18.3 Å². The number of hydrogen-bond donors (Lipinski definition) is 2. The minimum atomic E-state index is -0.307. The molecule has 0 atom stereocenters. The highest BCUT2D eigenvalue weighted by Gasteiger charge is 2.05. The van der Waals surface area contributed by atoms with Gasteiger partial charge in [-0.15, -0.1) is 5.10 Å². The van der Waals surface area contributed by atoms with Gasteiger partial charge in [0, 0.05) is 12.2 Å². The van der Waals surface area contributed by atoms with Crippen LogP contribution in [0.25, 0.3) is 0 Å². The summed E-state index contributed by atoms with van der Waals surface area (Å²) in [6.45, 7) is 0.823. The van der Waals surface area contributed by atoms with E-state index in [1.807, 2.05) is 0 Å². The van der Waals surface area contributed by atoms with Crippen LogP contribution < -0.4 is 10.6 Å². The maximum absolute atomic E-state index is 13.2. The van der Waals surface area contributed by atoms with Gasteiger partial charge >= 0.3 is 0 Å². The average Bonchev–Trinajstić information content (AvgIpc) is 2.56. The van der Waals surface area contributed by atoms with Gasteiger partial charge in [-0.3, -0.25) is 0 Å². The van der Waals surface area contributed by atoms with Crippen LogP contribution in [0.4, 0.5) is 21.8 Å². The van der Waals surface area contributed by atoms with E-state index in [1.165, 1.54) is 43.4 Å². The van der Waals surface area contributed by atoms with Crippen molar-refractivity contribution in [2.24, 2.45) is 0 Å². The smallest absolute Gasteiger partial charge is 0.249 e. The molecule has 0 bridgehead atoms. The van der Waals surface area contributed by atoms with Crippen LogP contribution in [0, 0.1) is 5.82 Å². The Hall–Kier alpha value is -2.50. The van der Waals surface area contributed by atoms with Crippen LogP contribution in [0.3, 0.4) is 0 Å². The van der Waals surface area contributed by atoms with Crippen LogP contribution in [-0.2, 0) is 0 Å². The Morgan fingerprint density at radius 2 is 2.17 bits per heavy atom. The van der Waals surface area contributed by atoms with E-state index in [0.717, 1.165) is 13.0 Å². The summed E-state index contributed by atoms with van der Waals surface area (Å²) < 4.78 is 13.2. The molecule has 0 saturated carbocycles. The zero-order chi connectivity index (χ0) is 15.9. The summed E-state index contributed by atoms with van der Waals surface area (Å²) in [5.41, 5.74) is 2.11. The van der Waals surface area contributed by atoms with Gasteiger partial charge in [0.15, 0.2) is 5.82 Å². The van der Waals surface area contributed by atoms with Gasteiger partial charge in [-0.25, -0.2) is 4.39 Å². The Morgan fingerprint density at radius 1 is 1.22 bits per heavy atom. The zero-order valence-electron chi connectivity index (χ0n) is 12.9. The van der Waals surface area contributed by atoms with Crippen molar-refractivity contribution >= 4 is 17.5 Å². The van der Waals surface area contributed by atoms with Crippen molar-refractivity contribution in [1.29, 1.82) is 0 Å². The van der Waals surface area contributed by atoms with Crippen molar-refractivity contribution in [3.05, 3.63) is 47.9 Å². The van der Waals surface area contributed by atoms with Crippen LogP contribution >= 0.6 is 0 Å². The largest absolute Gasteiger partial charge is 0.368 e. The lowest BCUT2D eigenvalue weighted by molar-refractivity contribution is 0.628. The van der Waals surface area contributed by atoms with Gasteiger partial charge in [-0.05, 0) is 50.3 Å². The van der Waals surface area contributed by atoms with E-state index in [0.29, 0.717) is 17.5 Å². The molecule has 120 valence electrons. The molecular formula is C17H20FN5. The van der Waals surface area contributed by atoms with Gasteiger partial charge in [-0.1, -0.05) is 17.7 Å². The van der Waals surface area contributed by atoms with E-state index in [2.05, 4.69) is 31.9 Å². The maximum atomic E-state index is 13.2. The van der Waals surface area contributed by atoms with E-state index in [4.69, 9.17) is 0 Å². The summed E-state index contributed by atoms with van der Waals surface area (Å²) in [5.74, 6) is 0.700. The molecule has 0 radical (unpaired) electrons. The average molecular weight is 313 g/mol. The van der Waals surface area contributed by atoms with Crippen molar-refractivity contribution < 1.29 is 4.39 Å². The third-order valence-corrected chi connectivity index (χ3v) is 3.78. The first-order valence-electron chi connectivity index (χ1n) is 7.94. The topological polar surface area (TPSA) is 62.7 Å². The number of anilines is 3. The molecule has 1 heterocycles. The number of hydrogen-bond acceptors (Lipinski definition) is 5. The third-order valence-electron chi connectivity index (χ3n) is 3.78. The predicted octanol–water partition coefficient (Wildman–Crippen LogP) is 4.06. The number of aromatic nitrogens is 3. The number of rotatable bonds is 6. The second-order valence-electron chi connectivity index (χ2n) is 5.59. The molecule has 6 heteroatoms. The Morgan fingerprint density at radius 3 is 3.00 bits per heavy atom. The molecule has 0 unspecified atom stereocenters. The van der Waals surface area contributed by atoms with Crippen molar-refractivity contribution in [2.75, 3.05) is 17.2 Å².